The molecule has 0 spiro atoms. The van der Waals surface area contributed by atoms with Gasteiger partial charge in [0.2, 0.25) is 10.3 Å². The van der Waals surface area contributed by atoms with Crippen LogP contribution in [0.4, 0.5) is 0 Å². The van der Waals surface area contributed by atoms with E-state index in [0.717, 1.165) is 15.9 Å². The number of aryl methyl sites for hydroxylation is 1. The molecule has 0 unspecified atom stereocenters. The summed E-state index contributed by atoms with van der Waals surface area (Å²) in [5.41, 5.74) is 5.62. The zero-order valence-corrected chi connectivity index (χ0v) is 29.9. The first kappa shape index (κ1) is 34.0. The largest absolute Gasteiger partial charge is 0.856 e. The number of aromatic nitrogens is 3. The number of benzene rings is 3. The number of hydrazine groups is 1. The number of hydrazone groups is 1. The fourth-order valence-electron chi connectivity index (χ4n) is 5.32. The number of nitrogens with zero attached hydrogens (tertiary/aromatic N) is 7. The average Bonchev–Trinajstić information content (AvgIpc) is 3.08. The van der Waals surface area contributed by atoms with Crippen LogP contribution in [0.15, 0.2) is 123 Å². The van der Waals surface area contributed by atoms with Crippen LogP contribution >= 0.6 is 30.6 Å². The zero-order chi connectivity index (χ0) is 33.8. The van der Waals surface area contributed by atoms with Gasteiger partial charge in [-0.05, 0) is 47.1 Å². The second-order valence-corrected chi connectivity index (χ2v) is 16.3. The Labute approximate surface area is 283 Å². The van der Waals surface area contributed by atoms with Crippen molar-refractivity contribution in [1.29, 1.82) is 0 Å². The summed E-state index contributed by atoms with van der Waals surface area (Å²) in [7, 11) is -2.88. The highest BCUT2D eigenvalue weighted by Crippen LogP contribution is 2.48. The van der Waals surface area contributed by atoms with Gasteiger partial charge in [0.1, 0.15) is 5.69 Å². The number of guanidine groups is 1. The summed E-state index contributed by atoms with van der Waals surface area (Å²) in [4.78, 5) is 13.7. The third kappa shape index (κ3) is 6.60. The predicted octanol–water partition coefficient (Wildman–Crippen LogP) is 3.37. The molecule has 0 fully saturated rings. The summed E-state index contributed by atoms with van der Waals surface area (Å²) in [6, 6.07) is 31.0. The van der Waals surface area contributed by atoms with Crippen LogP contribution in [-0.2, 0) is 0 Å². The van der Waals surface area contributed by atoms with Gasteiger partial charge < -0.3 is 5.11 Å². The van der Waals surface area contributed by atoms with E-state index in [1.165, 1.54) is 33.2 Å². The van der Waals surface area contributed by atoms with Gasteiger partial charge in [-0.1, -0.05) is 115 Å². The summed E-state index contributed by atoms with van der Waals surface area (Å²) in [6.07, 6.45) is 3.65. The van der Waals surface area contributed by atoms with Gasteiger partial charge in [-0.2, -0.15) is 10.4 Å². The normalized spacial score (nSPS) is 14.1. The molecule has 11 nitrogen and oxygen atoms in total. The number of nitrogens with one attached hydrogen (secondary N) is 2. The van der Waals surface area contributed by atoms with Gasteiger partial charge in [-0.15, -0.1) is 20.0 Å². The van der Waals surface area contributed by atoms with Crippen LogP contribution in [0, 0.1) is 6.92 Å². The molecule has 4 aromatic rings. The molecule has 0 radical (unpaired) electrons. The number of hydrogen-bond acceptors (Lipinski definition) is 10. The number of amidine groups is 1. The summed E-state index contributed by atoms with van der Waals surface area (Å²) in [5, 5.41) is 36.8. The summed E-state index contributed by atoms with van der Waals surface area (Å²) >= 11 is 2.55. The van der Waals surface area contributed by atoms with Crippen LogP contribution in [0.1, 0.15) is 33.4 Å². The quantitative estimate of drug-likeness (QED) is 0.136. The predicted molar refractivity (Wildman–Crippen MR) is 193 cm³/mol. The summed E-state index contributed by atoms with van der Waals surface area (Å²) in [5.74, 6) is -0.0903. The van der Waals surface area contributed by atoms with Gasteiger partial charge in [-0.25, -0.2) is 4.33 Å². The molecular weight excluding hydrogens is 650 g/mol. The second-order valence-electron chi connectivity index (χ2n) is 11.5. The standard InChI is InChI=1S/C33H38N9O2PS2/c1-23-28(43)40(31(46-6)36-34-23)38-30(39-41-29(44)24(2)35-37-32(41)47-7)42(33(3,4)5)45(25-17-11-8-12-18-25,26-19-13-9-14-20-26)27-21-15-10-16-22-27/h8-22H,1-7H3,(H2-,34,35,38,39,43,44). The first-order valence-corrected chi connectivity index (χ1v) is 19.0. The number of rotatable bonds is 6. The van der Waals surface area contributed by atoms with Crippen molar-refractivity contribution in [3.8, 4) is 0 Å². The molecule has 5 rings (SSSR count). The highest BCUT2D eigenvalue weighted by Gasteiger charge is 2.43. The summed E-state index contributed by atoms with van der Waals surface area (Å²) in [6.45, 7) is 9.57. The molecule has 244 valence electrons. The molecule has 0 saturated carbocycles. The molecular formula is C33H38N9O2PS2. The fourth-order valence-corrected chi connectivity index (χ4v) is 10.9. The van der Waals surface area contributed by atoms with Gasteiger partial charge in [0.05, 0.1) is 12.6 Å². The van der Waals surface area contributed by atoms with Gasteiger partial charge in [0, 0.05) is 32.6 Å². The lowest BCUT2D eigenvalue weighted by atomic mass is 10.1. The maximum atomic E-state index is 13.8. The topological polar surface area (TPSA) is 126 Å². The molecule has 1 aliphatic rings. The van der Waals surface area contributed by atoms with E-state index in [4.69, 9.17) is 5.10 Å². The van der Waals surface area contributed by atoms with Crippen LogP contribution in [0.3, 0.4) is 0 Å². The second kappa shape index (κ2) is 14.2. The Balaban J connectivity index is 2.07. The first-order chi connectivity index (χ1) is 22.5. The van der Waals surface area contributed by atoms with Crippen molar-refractivity contribution in [3.63, 3.8) is 0 Å². The number of thioether (sulfide) groups is 2. The zero-order valence-electron chi connectivity index (χ0n) is 27.4. The van der Waals surface area contributed by atoms with E-state index >= 15 is 0 Å². The number of hydrogen-bond donors (Lipinski definition) is 2. The lowest BCUT2D eigenvalue weighted by molar-refractivity contribution is -0.477. The van der Waals surface area contributed by atoms with E-state index in [-0.39, 0.29) is 17.5 Å². The van der Waals surface area contributed by atoms with Crippen LogP contribution < -0.4 is 37.4 Å². The van der Waals surface area contributed by atoms with E-state index in [9.17, 15) is 9.90 Å². The van der Waals surface area contributed by atoms with E-state index in [2.05, 4.69) is 87.6 Å². The molecule has 1 aliphatic heterocycles. The Morgan fingerprint density at radius 1 is 0.872 bits per heavy atom. The Morgan fingerprint density at radius 3 is 1.83 bits per heavy atom. The van der Waals surface area contributed by atoms with Crippen molar-refractivity contribution in [2.24, 2.45) is 10.2 Å². The molecule has 1 aromatic heterocycles. The Morgan fingerprint density at radius 2 is 1.38 bits per heavy atom. The number of allylic oxidation sites excluding steroid dienone is 1. The molecule has 0 aliphatic carbocycles. The minimum atomic E-state index is -2.88. The highest BCUT2D eigenvalue weighted by atomic mass is 32.2. The molecule has 2 N–H and O–H groups in total. The molecule has 14 heteroatoms. The Kier molecular flexibility index (Phi) is 10.3. The monoisotopic (exact) mass is 687 g/mol. The molecule has 0 saturated heterocycles. The van der Waals surface area contributed by atoms with E-state index < -0.39 is 18.2 Å². The van der Waals surface area contributed by atoms with Gasteiger partial charge in [0.15, 0.2) is 0 Å². The van der Waals surface area contributed by atoms with Gasteiger partial charge in [-0.3, -0.25) is 10.2 Å². The van der Waals surface area contributed by atoms with Crippen LogP contribution in [-0.4, -0.2) is 53.4 Å². The third-order valence-corrected chi connectivity index (χ3v) is 13.1. The maximum absolute atomic E-state index is 13.8. The smallest absolute Gasteiger partial charge is 0.434 e. The minimum Gasteiger partial charge on any atom is -0.856 e. The third-order valence-electron chi connectivity index (χ3n) is 7.30. The summed E-state index contributed by atoms with van der Waals surface area (Å²) < 4.78 is 3.48. The van der Waals surface area contributed by atoms with Crippen LogP contribution in [0.25, 0.3) is 0 Å². The Bertz CT molecular complexity index is 1850. The fraction of sp³-hybridized carbons (Fsp3) is 0.242. The van der Waals surface area contributed by atoms with Crippen molar-refractivity contribution >= 4 is 57.6 Å². The molecule has 0 amide bonds. The minimum absolute atomic E-state index is 0.192. The van der Waals surface area contributed by atoms with E-state index in [0.29, 0.717) is 16.0 Å². The van der Waals surface area contributed by atoms with Crippen LogP contribution in [0.2, 0.25) is 0 Å². The molecule has 3 aromatic carbocycles. The lowest BCUT2D eigenvalue weighted by Crippen LogP contribution is -2.57. The lowest BCUT2D eigenvalue weighted by Gasteiger charge is -2.39. The first-order valence-electron chi connectivity index (χ1n) is 14.8. The van der Waals surface area contributed by atoms with Crippen molar-refractivity contribution < 1.29 is 9.43 Å². The Hall–Kier alpha value is -4.32. The van der Waals surface area contributed by atoms with E-state index in [1.807, 2.05) is 67.1 Å². The van der Waals surface area contributed by atoms with Crippen molar-refractivity contribution in [2.75, 3.05) is 12.5 Å². The maximum Gasteiger partial charge on any atom is 0.434 e. The van der Waals surface area contributed by atoms with Gasteiger partial charge in [0.25, 0.3) is 0 Å². The highest BCUT2D eigenvalue weighted by molar-refractivity contribution is 8.13. The SMILES string of the molecule is CSC1=NNC(C)=C([O-])N1N/C(=N\n1c(SC)nnc(C)c1=O)[N+](C(C)(C)C)=P(c1ccccc1)(c1ccccc1)c1ccccc1. The molecule has 0 atom stereocenters. The van der Waals surface area contributed by atoms with Gasteiger partial charge >= 0.3 is 11.5 Å². The average molecular weight is 688 g/mol. The van der Waals surface area contributed by atoms with Crippen molar-refractivity contribution in [3.05, 3.63) is 119 Å². The van der Waals surface area contributed by atoms with Crippen LogP contribution in [0.5, 0.6) is 0 Å². The molecule has 0 bridgehead atoms. The molecule has 47 heavy (non-hydrogen) atoms. The van der Waals surface area contributed by atoms with E-state index in [1.54, 1.807) is 13.8 Å². The van der Waals surface area contributed by atoms with Crippen molar-refractivity contribution in [2.45, 2.75) is 45.3 Å². The van der Waals surface area contributed by atoms with Crippen molar-refractivity contribution in [1.82, 2.24) is 30.7 Å². The molecule has 2 heterocycles.